The summed E-state index contributed by atoms with van der Waals surface area (Å²) in [5, 5.41) is 11.8. The normalized spacial score (nSPS) is 11.1. The summed E-state index contributed by atoms with van der Waals surface area (Å²) in [5.41, 5.74) is 7.44. The summed E-state index contributed by atoms with van der Waals surface area (Å²) >= 11 is 1.70. The van der Waals surface area contributed by atoms with E-state index in [1.165, 1.54) is 4.90 Å². The largest absolute Gasteiger partial charge is 0.384 e. The maximum Gasteiger partial charge on any atom is 0.122 e. The average molecular weight is 304 g/mol. The summed E-state index contributed by atoms with van der Waals surface area (Å²) in [6.07, 6.45) is 2.11. The standard InChI is InChI=1S/C19H16N2S/c20-19(21)17-9-8-15-12-14(6-7-16(15)13-17)10-11-22-18-4-2-1-3-5-18/h1-13H,(H3,20,21)/b11-10+. The minimum atomic E-state index is 0.102. The lowest BCUT2D eigenvalue weighted by atomic mass is 10.0. The van der Waals surface area contributed by atoms with Gasteiger partial charge in [0.05, 0.1) is 0 Å². The monoisotopic (exact) mass is 304 g/mol. The predicted molar refractivity (Wildman–Crippen MR) is 96.3 cm³/mol. The number of amidine groups is 1. The molecule has 0 bridgehead atoms. The van der Waals surface area contributed by atoms with Crippen LogP contribution >= 0.6 is 11.8 Å². The van der Waals surface area contributed by atoms with Crippen molar-refractivity contribution in [2.75, 3.05) is 0 Å². The summed E-state index contributed by atoms with van der Waals surface area (Å²) < 4.78 is 0. The van der Waals surface area contributed by atoms with Crippen LogP contribution < -0.4 is 5.73 Å². The number of rotatable bonds is 4. The molecule has 0 spiro atoms. The molecule has 0 saturated carbocycles. The maximum atomic E-state index is 7.49. The van der Waals surface area contributed by atoms with Gasteiger partial charge >= 0.3 is 0 Å². The summed E-state index contributed by atoms with van der Waals surface area (Å²) in [4.78, 5) is 1.23. The number of nitrogens with one attached hydrogen (secondary N) is 1. The minimum absolute atomic E-state index is 0.102. The molecule has 0 heterocycles. The zero-order valence-corrected chi connectivity index (χ0v) is 12.8. The molecule has 0 fully saturated rings. The highest BCUT2D eigenvalue weighted by Gasteiger charge is 1.99. The number of thioether (sulfide) groups is 1. The van der Waals surface area contributed by atoms with Gasteiger partial charge in [-0.1, -0.05) is 54.2 Å². The molecule has 0 unspecified atom stereocenters. The summed E-state index contributed by atoms with van der Waals surface area (Å²) in [6.45, 7) is 0. The van der Waals surface area contributed by atoms with E-state index in [1.54, 1.807) is 11.8 Å². The van der Waals surface area contributed by atoms with Crippen molar-refractivity contribution >= 4 is 34.4 Å². The van der Waals surface area contributed by atoms with Crippen molar-refractivity contribution in [1.82, 2.24) is 0 Å². The molecule has 0 aliphatic rings. The van der Waals surface area contributed by atoms with Crippen molar-refractivity contribution in [3.63, 3.8) is 0 Å². The first kappa shape index (κ1) is 14.4. The van der Waals surface area contributed by atoms with E-state index in [1.807, 2.05) is 36.4 Å². The van der Waals surface area contributed by atoms with Gasteiger partial charge in [-0.3, -0.25) is 5.41 Å². The van der Waals surface area contributed by atoms with Crippen molar-refractivity contribution in [2.45, 2.75) is 4.90 Å². The van der Waals surface area contributed by atoms with Gasteiger partial charge in [0.1, 0.15) is 5.84 Å². The molecule has 0 aromatic heterocycles. The van der Waals surface area contributed by atoms with Gasteiger partial charge < -0.3 is 5.73 Å². The molecule has 3 heteroatoms. The molecule has 0 aliphatic carbocycles. The van der Waals surface area contributed by atoms with Crippen molar-refractivity contribution in [3.8, 4) is 0 Å². The van der Waals surface area contributed by atoms with Crippen molar-refractivity contribution < 1.29 is 0 Å². The molecule has 0 radical (unpaired) electrons. The number of fused-ring (bicyclic) bond motifs is 1. The lowest BCUT2D eigenvalue weighted by Gasteiger charge is -2.03. The van der Waals surface area contributed by atoms with E-state index < -0.39 is 0 Å². The number of hydrogen-bond donors (Lipinski definition) is 2. The van der Waals surface area contributed by atoms with Crippen LogP contribution in [0.25, 0.3) is 16.8 Å². The van der Waals surface area contributed by atoms with Gasteiger partial charge in [0.25, 0.3) is 0 Å². The molecule has 0 amide bonds. The fourth-order valence-electron chi connectivity index (χ4n) is 2.23. The lowest BCUT2D eigenvalue weighted by molar-refractivity contribution is 1.43. The molecule has 0 atom stereocenters. The predicted octanol–water partition coefficient (Wildman–Crippen LogP) is 4.89. The Labute approximate surface area is 134 Å². The second-order valence-electron chi connectivity index (χ2n) is 4.97. The van der Waals surface area contributed by atoms with Crippen molar-refractivity contribution in [2.24, 2.45) is 5.73 Å². The Balaban J connectivity index is 1.80. The Hall–Kier alpha value is -2.52. The average Bonchev–Trinajstić information content (AvgIpc) is 2.55. The van der Waals surface area contributed by atoms with Gasteiger partial charge in [-0.15, -0.1) is 0 Å². The summed E-state index contributed by atoms with van der Waals surface area (Å²) in [5.74, 6) is 0.102. The van der Waals surface area contributed by atoms with Gasteiger partial charge in [-0.2, -0.15) is 0 Å². The first-order valence-corrected chi connectivity index (χ1v) is 7.87. The van der Waals surface area contributed by atoms with Crippen LogP contribution in [0.3, 0.4) is 0 Å². The second kappa shape index (κ2) is 6.50. The van der Waals surface area contributed by atoms with E-state index >= 15 is 0 Å². The Morgan fingerprint density at radius 3 is 2.41 bits per heavy atom. The van der Waals surface area contributed by atoms with Crippen LogP contribution in [0.4, 0.5) is 0 Å². The fourth-order valence-corrected chi connectivity index (χ4v) is 2.92. The zero-order chi connectivity index (χ0) is 15.4. The molecular formula is C19H16N2S. The van der Waals surface area contributed by atoms with Crippen LogP contribution in [-0.2, 0) is 0 Å². The van der Waals surface area contributed by atoms with Crippen LogP contribution in [0.1, 0.15) is 11.1 Å². The summed E-state index contributed by atoms with van der Waals surface area (Å²) in [6, 6.07) is 22.4. The quantitative estimate of drug-likeness (QED) is 0.410. The SMILES string of the molecule is N=C(N)c1ccc2cc(/C=C/Sc3ccccc3)ccc2c1. The van der Waals surface area contributed by atoms with Crippen LogP contribution in [0.2, 0.25) is 0 Å². The van der Waals surface area contributed by atoms with Crippen LogP contribution in [0.15, 0.2) is 77.0 Å². The van der Waals surface area contributed by atoms with E-state index in [0.717, 1.165) is 21.9 Å². The fraction of sp³-hybridized carbons (Fsp3) is 0. The molecule has 0 aliphatic heterocycles. The molecule has 3 aromatic rings. The molecular weight excluding hydrogens is 288 g/mol. The molecule has 3 rings (SSSR count). The lowest BCUT2D eigenvalue weighted by Crippen LogP contribution is -2.10. The summed E-state index contributed by atoms with van der Waals surface area (Å²) in [7, 11) is 0. The molecule has 3 aromatic carbocycles. The molecule has 3 N–H and O–H groups in total. The van der Waals surface area contributed by atoms with Gasteiger partial charge in [0.15, 0.2) is 0 Å². The Morgan fingerprint density at radius 1 is 0.909 bits per heavy atom. The Morgan fingerprint density at radius 2 is 1.64 bits per heavy atom. The first-order valence-electron chi connectivity index (χ1n) is 6.99. The first-order chi connectivity index (χ1) is 10.7. The number of benzene rings is 3. The Bertz CT molecular complexity index is 838. The molecule has 2 nitrogen and oxygen atoms in total. The number of nitrogens with two attached hydrogens (primary N) is 1. The zero-order valence-electron chi connectivity index (χ0n) is 12.0. The van der Waals surface area contributed by atoms with Gasteiger partial charge in [-0.05, 0) is 52.1 Å². The van der Waals surface area contributed by atoms with E-state index in [0.29, 0.717) is 0 Å². The van der Waals surface area contributed by atoms with Gasteiger partial charge in [-0.25, -0.2) is 0 Å². The third kappa shape index (κ3) is 3.38. The van der Waals surface area contributed by atoms with Crippen molar-refractivity contribution in [3.05, 3.63) is 83.3 Å². The van der Waals surface area contributed by atoms with Gasteiger partial charge in [0, 0.05) is 10.5 Å². The van der Waals surface area contributed by atoms with E-state index in [4.69, 9.17) is 11.1 Å². The van der Waals surface area contributed by atoms with Crippen LogP contribution in [0, 0.1) is 5.41 Å². The second-order valence-corrected chi connectivity index (χ2v) is 5.95. The van der Waals surface area contributed by atoms with Crippen molar-refractivity contribution in [1.29, 1.82) is 5.41 Å². The van der Waals surface area contributed by atoms with Crippen LogP contribution in [0.5, 0.6) is 0 Å². The van der Waals surface area contributed by atoms with E-state index in [9.17, 15) is 0 Å². The van der Waals surface area contributed by atoms with Crippen LogP contribution in [-0.4, -0.2) is 5.84 Å². The maximum absolute atomic E-state index is 7.49. The highest BCUT2D eigenvalue weighted by molar-refractivity contribution is 8.02. The smallest absolute Gasteiger partial charge is 0.122 e. The number of nitrogen functional groups attached to an aromatic ring is 1. The third-order valence-electron chi connectivity index (χ3n) is 3.38. The van der Waals surface area contributed by atoms with Gasteiger partial charge in [0.2, 0.25) is 0 Å². The third-order valence-corrected chi connectivity index (χ3v) is 4.20. The minimum Gasteiger partial charge on any atom is -0.384 e. The molecule has 108 valence electrons. The number of hydrogen-bond acceptors (Lipinski definition) is 2. The van der Waals surface area contributed by atoms with E-state index in [-0.39, 0.29) is 5.84 Å². The highest BCUT2D eigenvalue weighted by atomic mass is 32.2. The highest BCUT2D eigenvalue weighted by Crippen LogP contribution is 2.22. The molecule has 22 heavy (non-hydrogen) atoms. The van der Waals surface area contributed by atoms with E-state index in [2.05, 4.69) is 41.8 Å². The molecule has 0 saturated heterocycles. The topological polar surface area (TPSA) is 49.9 Å². The Kier molecular flexibility index (Phi) is 4.26.